The minimum atomic E-state index is 0.0872. The van der Waals surface area contributed by atoms with Crippen LogP contribution in [-0.4, -0.2) is 29.6 Å². The first-order chi connectivity index (χ1) is 6.24. The summed E-state index contributed by atoms with van der Waals surface area (Å²) in [5.74, 6) is 0.249. The molecule has 1 N–H and O–H groups in total. The van der Waals surface area contributed by atoms with Crippen molar-refractivity contribution in [1.29, 1.82) is 0 Å². The van der Waals surface area contributed by atoms with E-state index < -0.39 is 0 Å². The molecule has 76 valence electrons. The van der Waals surface area contributed by atoms with Crippen LogP contribution in [0.2, 0.25) is 0 Å². The molecular formula is C9H16INO2. The molecule has 0 aromatic heterocycles. The van der Waals surface area contributed by atoms with Crippen LogP contribution in [0.5, 0.6) is 0 Å². The third-order valence-electron chi connectivity index (χ3n) is 2.18. The summed E-state index contributed by atoms with van der Waals surface area (Å²) in [6.07, 6.45) is 2.17. The fourth-order valence-corrected chi connectivity index (χ4v) is 1.80. The minimum absolute atomic E-state index is 0.0872. The van der Waals surface area contributed by atoms with Crippen LogP contribution < -0.4 is 5.32 Å². The molecule has 4 heteroatoms. The number of ether oxygens (including phenoxy) is 1. The summed E-state index contributed by atoms with van der Waals surface area (Å²) >= 11 is 2.31. The summed E-state index contributed by atoms with van der Waals surface area (Å²) in [6.45, 7) is 3.40. The number of rotatable bonds is 4. The molecule has 1 aliphatic heterocycles. The minimum Gasteiger partial charge on any atom is -0.378 e. The number of halogens is 1. The number of hydrogen-bond acceptors (Lipinski definition) is 2. The number of nitrogens with one attached hydrogen (secondary N) is 1. The molecule has 13 heavy (non-hydrogen) atoms. The molecule has 0 aliphatic carbocycles. The second-order valence-corrected chi connectivity index (χ2v) is 4.49. The molecule has 0 bridgehead atoms. The second-order valence-electron chi connectivity index (χ2n) is 3.41. The van der Waals surface area contributed by atoms with Gasteiger partial charge >= 0.3 is 0 Å². The van der Waals surface area contributed by atoms with Gasteiger partial charge in [-0.1, -0.05) is 22.6 Å². The van der Waals surface area contributed by atoms with Gasteiger partial charge in [0.2, 0.25) is 5.91 Å². The van der Waals surface area contributed by atoms with Gasteiger partial charge in [0.15, 0.2) is 0 Å². The summed E-state index contributed by atoms with van der Waals surface area (Å²) < 4.78 is 6.42. The van der Waals surface area contributed by atoms with E-state index in [2.05, 4.69) is 27.9 Å². The number of carbonyl (C=O) groups is 1. The zero-order valence-electron chi connectivity index (χ0n) is 7.88. The van der Waals surface area contributed by atoms with Gasteiger partial charge in [-0.15, -0.1) is 0 Å². The first kappa shape index (κ1) is 11.2. The molecule has 1 heterocycles. The van der Waals surface area contributed by atoms with Crippen molar-refractivity contribution in [2.24, 2.45) is 5.92 Å². The number of hydrogen-bond donors (Lipinski definition) is 1. The zero-order valence-corrected chi connectivity index (χ0v) is 10.0. The molecular weight excluding hydrogens is 281 g/mol. The van der Waals surface area contributed by atoms with Crippen LogP contribution in [0, 0.1) is 5.92 Å². The molecule has 0 saturated carbocycles. The summed E-state index contributed by atoms with van der Waals surface area (Å²) in [5.41, 5.74) is 0. The van der Waals surface area contributed by atoms with Crippen LogP contribution in [0.3, 0.4) is 0 Å². The SMILES string of the molecule is CC1CC(C(=O)NCCCI)CO1. The molecule has 0 spiro atoms. The van der Waals surface area contributed by atoms with Crippen LogP contribution in [0.15, 0.2) is 0 Å². The van der Waals surface area contributed by atoms with Crippen molar-refractivity contribution in [2.75, 3.05) is 17.6 Å². The van der Waals surface area contributed by atoms with Gasteiger partial charge in [0.1, 0.15) is 0 Å². The van der Waals surface area contributed by atoms with Crippen LogP contribution in [-0.2, 0) is 9.53 Å². The second kappa shape index (κ2) is 5.80. The number of carbonyl (C=O) groups excluding carboxylic acids is 1. The van der Waals surface area contributed by atoms with Gasteiger partial charge in [0.05, 0.1) is 18.6 Å². The lowest BCUT2D eigenvalue weighted by atomic mass is 10.1. The van der Waals surface area contributed by atoms with Crippen LogP contribution >= 0.6 is 22.6 Å². The average molecular weight is 297 g/mol. The molecule has 1 aliphatic rings. The average Bonchev–Trinajstić information content (AvgIpc) is 2.52. The number of amides is 1. The highest BCUT2D eigenvalue weighted by molar-refractivity contribution is 14.1. The maximum absolute atomic E-state index is 11.5. The summed E-state index contributed by atoms with van der Waals surface area (Å²) in [4.78, 5) is 11.5. The van der Waals surface area contributed by atoms with Gasteiger partial charge in [-0.3, -0.25) is 4.79 Å². The quantitative estimate of drug-likeness (QED) is 0.483. The van der Waals surface area contributed by atoms with Gasteiger partial charge in [-0.2, -0.15) is 0 Å². The van der Waals surface area contributed by atoms with Crippen LogP contribution in [0.25, 0.3) is 0 Å². The van der Waals surface area contributed by atoms with Gasteiger partial charge in [-0.25, -0.2) is 0 Å². The first-order valence-corrected chi connectivity index (χ1v) is 6.22. The maximum atomic E-state index is 11.5. The molecule has 1 saturated heterocycles. The summed E-state index contributed by atoms with van der Waals surface area (Å²) in [6, 6.07) is 0. The molecule has 1 fully saturated rings. The van der Waals surface area contributed by atoms with E-state index in [9.17, 15) is 4.79 Å². The Kier molecular flexibility index (Phi) is 5.01. The molecule has 2 atom stereocenters. The topological polar surface area (TPSA) is 38.3 Å². The Morgan fingerprint density at radius 3 is 3.00 bits per heavy atom. The van der Waals surface area contributed by atoms with E-state index in [0.717, 1.165) is 23.8 Å². The Morgan fingerprint density at radius 2 is 2.46 bits per heavy atom. The van der Waals surface area contributed by atoms with Crippen molar-refractivity contribution in [3.05, 3.63) is 0 Å². The Balaban J connectivity index is 2.16. The lowest BCUT2D eigenvalue weighted by molar-refractivity contribution is -0.124. The maximum Gasteiger partial charge on any atom is 0.225 e. The monoisotopic (exact) mass is 297 g/mol. The molecule has 2 unspecified atom stereocenters. The van der Waals surface area contributed by atoms with Crippen molar-refractivity contribution in [1.82, 2.24) is 5.32 Å². The fraction of sp³-hybridized carbons (Fsp3) is 0.889. The summed E-state index contributed by atoms with van der Waals surface area (Å²) in [5, 5.41) is 2.92. The lowest BCUT2D eigenvalue weighted by Gasteiger charge is -2.08. The Morgan fingerprint density at radius 1 is 1.69 bits per heavy atom. The standard InChI is InChI=1S/C9H16INO2/c1-7-5-8(6-13-7)9(12)11-4-2-3-10/h7-8H,2-6H2,1H3,(H,11,12). The molecule has 1 rings (SSSR count). The lowest BCUT2D eigenvalue weighted by Crippen LogP contribution is -2.31. The van der Waals surface area contributed by atoms with E-state index in [1.165, 1.54) is 0 Å². The number of alkyl halides is 1. The third kappa shape index (κ3) is 3.81. The molecule has 3 nitrogen and oxygen atoms in total. The molecule has 0 aromatic carbocycles. The van der Waals surface area contributed by atoms with E-state index in [4.69, 9.17) is 4.74 Å². The third-order valence-corrected chi connectivity index (χ3v) is 2.94. The predicted octanol–water partition coefficient (Wildman–Crippen LogP) is 1.35. The van der Waals surface area contributed by atoms with E-state index in [0.29, 0.717) is 6.61 Å². The van der Waals surface area contributed by atoms with Crippen molar-refractivity contribution in [3.63, 3.8) is 0 Å². The first-order valence-electron chi connectivity index (χ1n) is 4.69. The molecule has 0 aromatic rings. The highest BCUT2D eigenvalue weighted by atomic mass is 127. The largest absolute Gasteiger partial charge is 0.378 e. The summed E-state index contributed by atoms with van der Waals surface area (Å²) in [7, 11) is 0. The van der Waals surface area contributed by atoms with Gasteiger partial charge in [0.25, 0.3) is 0 Å². The Hall–Kier alpha value is 0.160. The Bertz CT molecular complexity index is 175. The normalized spacial score (nSPS) is 27.5. The van der Waals surface area contributed by atoms with Crippen molar-refractivity contribution >= 4 is 28.5 Å². The Labute approximate surface area is 92.7 Å². The molecule has 1 amide bonds. The smallest absolute Gasteiger partial charge is 0.225 e. The van der Waals surface area contributed by atoms with Crippen molar-refractivity contribution in [2.45, 2.75) is 25.9 Å². The van der Waals surface area contributed by atoms with Crippen molar-refractivity contribution < 1.29 is 9.53 Å². The highest BCUT2D eigenvalue weighted by Crippen LogP contribution is 2.18. The van der Waals surface area contributed by atoms with E-state index in [-0.39, 0.29) is 17.9 Å². The van der Waals surface area contributed by atoms with Gasteiger partial charge < -0.3 is 10.1 Å². The van der Waals surface area contributed by atoms with Gasteiger partial charge in [0, 0.05) is 11.0 Å². The fourth-order valence-electron chi connectivity index (χ4n) is 1.42. The highest BCUT2D eigenvalue weighted by Gasteiger charge is 2.27. The van der Waals surface area contributed by atoms with E-state index in [1.54, 1.807) is 0 Å². The van der Waals surface area contributed by atoms with E-state index >= 15 is 0 Å². The van der Waals surface area contributed by atoms with Gasteiger partial charge in [-0.05, 0) is 19.8 Å². The van der Waals surface area contributed by atoms with Crippen LogP contribution in [0.1, 0.15) is 19.8 Å². The van der Waals surface area contributed by atoms with Crippen LogP contribution in [0.4, 0.5) is 0 Å². The van der Waals surface area contributed by atoms with E-state index in [1.807, 2.05) is 6.92 Å². The van der Waals surface area contributed by atoms with Crippen molar-refractivity contribution in [3.8, 4) is 0 Å². The zero-order chi connectivity index (χ0) is 9.68. The molecule has 0 radical (unpaired) electrons. The predicted molar refractivity (Wildman–Crippen MR) is 60.0 cm³/mol.